The summed E-state index contributed by atoms with van der Waals surface area (Å²) >= 11 is 1.45. The minimum absolute atomic E-state index is 0.256. The zero-order chi connectivity index (χ0) is 23.3. The van der Waals surface area contributed by atoms with Gasteiger partial charge < -0.3 is 37.6 Å². The molecule has 0 aromatic heterocycles. The summed E-state index contributed by atoms with van der Waals surface area (Å²) in [4.78, 5) is 69.4. The lowest BCUT2D eigenvalue weighted by atomic mass is 10.1. The van der Waals surface area contributed by atoms with Gasteiger partial charge in [0.25, 0.3) is 0 Å². The van der Waals surface area contributed by atoms with E-state index in [1.54, 1.807) is 0 Å². The molecule has 0 heterocycles. The van der Waals surface area contributed by atoms with Gasteiger partial charge in [0, 0.05) is 6.42 Å². The lowest BCUT2D eigenvalue weighted by Crippen LogP contribution is -2.56. The van der Waals surface area contributed by atoms with E-state index in [0.29, 0.717) is 12.2 Å². The molecule has 0 saturated heterocycles. The van der Waals surface area contributed by atoms with E-state index in [0.717, 1.165) is 0 Å². The van der Waals surface area contributed by atoms with Crippen molar-refractivity contribution in [2.45, 2.75) is 43.8 Å². The number of thioether (sulfide) groups is 1. The fraction of sp³-hybridized carbons (Fsp3) is 0.625. The van der Waals surface area contributed by atoms with Gasteiger partial charge in [-0.15, -0.1) is 0 Å². The third-order valence-electron chi connectivity index (χ3n) is 3.71. The zero-order valence-corrected chi connectivity index (χ0v) is 17.2. The molecule has 0 fully saturated rings. The number of carbonyl (C=O) groups excluding carboxylic acids is 4. The number of amides is 4. The van der Waals surface area contributed by atoms with Crippen LogP contribution in [0, 0.1) is 0 Å². The predicted octanol–water partition coefficient (Wildman–Crippen LogP) is -3.02. The first kappa shape index (κ1) is 27.1. The van der Waals surface area contributed by atoms with E-state index < -0.39 is 66.7 Å². The molecule has 30 heavy (non-hydrogen) atoms. The Balaban J connectivity index is 5.26. The molecule has 170 valence electrons. The van der Waals surface area contributed by atoms with Crippen molar-refractivity contribution >= 4 is 47.3 Å². The minimum Gasteiger partial charge on any atom is -0.481 e. The number of hydrogen-bond acceptors (Lipinski definition) is 8. The van der Waals surface area contributed by atoms with Gasteiger partial charge in [0.2, 0.25) is 23.6 Å². The normalized spacial score (nSPS) is 13.4. The van der Waals surface area contributed by atoms with E-state index in [4.69, 9.17) is 21.7 Å². The van der Waals surface area contributed by atoms with Gasteiger partial charge in [-0.25, -0.2) is 0 Å². The zero-order valence-electron chi connectivity index (χ0n) is 16.4. The average molecular weight is 449 g/mol. The van der Waals surface area contributed by atoms with Crippen LogP contribution in [0.25, 0.3) is 0 Å². The van der Waals surface area contributed by atoms with Crippen LogP contribution >= 0.6 is 11.8 Å². The number of hydrogen-bond donors (Lipinski definition) is 7. The van der Waals surface area contributed by atoms with Crippen molar-refractivity contribution < 1.29 is 39.0 Å². The summed E-state index contributed by atoms with van der Waals surface area (Å²) in [5.41, 5.74) is 10.7. The van der Waals surface area contributed by atoms with Gasteiger partial charge in [-0.2, -0.15) is 11.8 Å². The molecular formula is C16H27N5O8S. The van der Waals surface area contributed by atoms with Crippen LogP contribution in [-0.2, 0) is 28.8 Å². The fourth-order valence-corrected chi connectivity index (χ4v) is 2.64. The predicted molar refractivity (Wildman–Crippen MR) is 106 cm³/mol. The number of nitrogens with one attached hydrogen (secondary N) is 3. The Morgan fingerprint density at radius 2 is 1.50 bits per heavy atom. The summed E-state index contributed by atoms with van der Waals surface area (Å²) in [6.45, 7) is -0.735. The average Bonchev–Trinajstić information content (AvgIpc) is 2.65. The molecule has 0 aliphatic carbocycles. The van der Waals surface area contributed by atoms with Crippen molar-refractivity contribution in [3.05, 3.63) is 0 Å². The third kappa shape index (κ3) is 11.9. The van der Waals surface area contributed by atoms with Crippen molar-refractivity contribution in [2.24, 2.45) is 11.5 Å². The van der Waals surface area contributed by atoms with E-state index in [2.05, 4.69) is 10.6 Å². The van der Waals surface area contributed by atoms with Gasteiger partial charge in [-0.3, -0.25) is 28.8 Å². The summed E-state index contributed by atoms with van der Waals surface area (Å²) in [5.74, 6) is -5.59. The van der Waals surface area contributed by atoms with Crippen LogP contribution in [-0.4, -0.2) is 82.5 Å². The number of nitrogens with two attached hydrogens (primary N) is 2. The highest BCUT2D eigenvalue weighted by Gasteiger charge is 2.30. The van der Waals surface area contributed by atoms with Crippen molar-refractivity contribution in [1.82, 2.24) is 16.0 Å². The highest BCUT2D eigenvalue weighted by molar-refractivity contribution is 7.98. The number of carbonyl (C=O) groups is 6. The Morgan fingerprint density at radius 3 is 2.00 bits per heavy atom. The molecule has 0 radical (unpaired) electrons. The summed E-state index contributed by atoms with van der Waals surface area (Å²) in [7, 11) is 0. The maximum atomic E-state index is 12.5. The van der Waals surface area contributed by atoms with Crippen molar-refractivity contribution in [1.29, 1.82) is 0 Å². The first-order valence-corrected chi connectivity index (χ1v) is 10.2. The van der Waals surface area contributed by atoms with Crippen molar-refractivity contribution in [3.63, 3.8) is 0 Å². The molecule has 0 aromatic rings. The Kier molecular flexibility index (Phi) is 12.8. The van der Waals surface area contributed by atoms with Crippen LogP contribution in [0.1, 0.15) is 25.7 Å². The maximum Gasteiger partial charge on any atom is 0.322 e. The van der Waals surface area contributed by atoms with Crippen LogP contribution in [0.15, 0.2) is 0 Å². The highest BCUT2D eigenvalue weighted by Crippen LogP contribution is 2.03. The molecule has 13 nitrogen and oxygen atoms in total. The third-order valence-corrected chi connectivity index (χ3v) is 4.35. The molecular weight excluding hydrogens is 422 g/mol. The molecule has 0 aliphatic heterocycles. The standard InChI is InChI=1S/C16H27N5O8S/c1-30-5-4-8(17)14(27)21-10(6-12(23)24)16(29)20-9(2-3-11(18)22)15(28)19-7-13(25)26/h8-10H,2-7,17H2,1H3,(H2,18,22)(H,19,28)(H,20,29)(H,21,27)(H,23,24)(H,25,26). The summed E-state index contributed by atoms with van der Waals surface area (Å²) in [5, 5.41) is 24.1. The van der Waals surface area contributed by atoms with Gasteiger partial charge in [0.05, 0.1) is 12.5 Å². The monoisotopic (exact) mass is 449 g/mol. The second-order valence-electron chi connectivity index (χ2n) is 6.22. The fourth-order valence-electron chi connectivity index (χ4n) is 2.15. The summed E-state index contributed by atoms with van der Waals surface area (Å²) < 4.78 is 0. The second-order valence-corrected chi connectivity index (χ2v) is 7.21. The van der Waals surface area contributed by atoms with Gasteiger partial charge >= 0.3 is 11.9 Å². The Labute approximate surface area is 176 Å². The maximum absolute atomic E-state index is 12.5. The molecule has 3 atom stereocenters. The van der Waals surface area contributed by atoms with Crippen molar-refractivity contribution in [3.8, 4) is 0 Å². The number of carboxylic acids is 2. The Morgan fingerprint density at radius 1 is 0.900 bits per heavy atom. The number of primary amides is 1. The Bertz CT molecular complexity index is 660. The lowest BCUT2D eigenvalue weighted by molar-refractivity contribution is -0.141. The van der Waals surface area contributed by atoms with Gasteiger partial charge in [-0.1, -0.05) is 0 Å². The first-order valence-electron chi connectivity index (χ1n) is 8.82. The molecule has 0 aliphatic rings. The molecule has 0 bridgehead atoms. The van der Waals surface area contributed by atoms with Gasteiger partial charge in [0.15, 0.2) is 0 Å². The second kappa shape index (κ2) is 14.2. The van der Waals surface area contributed by atoms with Crippen LogP contribution < -0.4 is 27.4 Å². The molecule has 14 heteroatoms. The van der Waals surface area contributed by atoms with Crippen LogP contribution in [0.3, 0.4) is 0 Å². The quantitative estimate of drug-likeness (QED) is 0.134. The SMILES string of the molecule is CSCCC(N)C(=O)NC(CC(=O)O)C(=O)NC(CCC(N)=O)C(=O)NCC(=O)O. The minimum atomic E-state index is -1.54. The van der Waals surface area contributed by atoms with E-state index in [1.807, 2.05) is 11.6 Å². The smallest absolute Gasteiger partial charge is 0.322 e. The van der Waals surface area contributed by atoms with Crippen molar-refractivity contribution in [2.75, 3.05) is 18.6 Å². The van der Waals surface area contributed by atoms with Crippen LogP contribution in [0.4, 0.5) is 0 Å². The highest BCUT2D eigenvalue weighted by atomic mass is 32.2. The summed E-state index contributed by atoms with van der Waals surface area (Å²) in [6, 6.07) is -3.88. The molecule has 0 rings (SSSR count). The summed E-state index contributed by atoms with van der Waals surface area (Å²) in [6.07, 6.45) is 0.765. The number of rotatable bonds is 15. The largest absolute Gasteiger partial charge is 0.481 e. The van der Waals surface area contributed by atoms with Gasteiger partial charge in [0.1, 0.15) is 18.6 Å². The Hall–Kier alpha value is -2.87. The van der Waals surface area contributed by atoms with E-state index >= 15 is 0 Å². The molecule has 3 unspecified atom stereocenters. The van der Waals surface area contributed by atoms with E-state index in [-0.39, 0.29) is 12.8 Å². The molecule has 4 amide bonds. The van der Waals surface area contributed by atoms with Crippen LogP contribution in [0.5, 0.6) is 0 Å². The molecule has 0 saturated carbocycles. The van der Waals surface area contributed by atoms with E-state index in [1.165, 1.54) is 11.8 Å². The van der Waals surface area contributed by atoms with E-state index in [9.17, 15) is 28.8 Å². The first-order chi connectivity index (χ1) is 14.0. The number of carboxylic acid groups (broad SMARTS) is 2. The number of aliphatic carboxylic acids is 2. The molecule has 0 aromatic carbocycles. The lowest BCUT2D eigenvalue weighted by Gasteiger charge is -2.23. The topological polar surface area (TPSA) is 231 Å². The molecule has 9 N–H and O–H groups in total. The van der Waals surface area contributed by atoms with Crippen LogP contribution in [0.2, 0.25) is 0 Å². The molecule has 0 spiro atoms. The van der Waals surface area contributed by atoms with Gasteiger partial charge in [-0.05, 0) is 24.9 Å².